The minimum Gasteiger partial charge on any atom is -0.481 e. The van der Waals surface area contributed by atoms with Crippen LogP contribution in [0, 0.1) is 5.92 Å². The average molecular weight is 307 g/mol. The van der Waals surface area contributed by atoms with Gasteiger partial charge in [0.15, 0.2) is 0 Å². The molecule has 0 aromatic heterocycles. The second-order valence-electron chi connectivity index (χ2n) is 5.39. The van der Waals surface area contributed by atoms with Crippen molar-refractivity contribution in [3.05, 3.63) is 35.9 Å². The van der Waals surface area contributed by atoms with E-state index in [0.29, 0.717) is 12.3 Å². The normalized spacial score (nSPS) is 17.1. The van der Waals surface area contributed by atoms with E-state index in [9.17, 15) is 9.59 Å². The van der Waals surface area contributed by atoms with E-state index >= 15 is 0 Å². The Labute approximate surface area is 129 Å². The Bertz CT molecular complexity index is 472. The van der Waals surface area contributed by atoms with Crippen LogP contribution in [0.3, 0.4) is 0 Å². The molecule has 0 bridgehead atoms. The van der Waals surface area contributed by atoms with Crippen molar-refractivity contribution in [2.24, 2.45) is 5.92 Å². The number of carbonyl (C=O) groups excluding carboxylic acids is 1. The Morgan fingerprint density at radius 3 is 2.52 bits per heavy atom. The summed E-state index contributed by atoms with van der Waals surface area (Å²) in [7, 11) is 0. The van der Waals surface area contributed by atoms with Gasteiger partial charge in [-0.2, -0.15) is 11.8 Å². The predicted molar refractivity (Wildman–Crippen MR) is 84.2 cm³/mol. The van der Waals surface area contributed by atoms with E-state index in [4.69, 9.17) is 5.11 Å². The van der Waals surface area contributed by atoms with E-state index in [-0.39, 0.29) is 12.3 Å². The third kappa shape index (κ3) is 5.42. The number of nitrogens with one attached hydrogen (secondary N) is 1. The molecule has 0 aliphatic carbocycles. The molecule has 1 saturated heterocycles. The molecule has 2 rings (SSSR count). The molecule has 1 aliphatic rings. The van der Waals surface area contributed by atoms with E-state index < -0.39 is 12.0 Å². The third-order valence-corrected chi connectivity index (χ3v) is 4.78. The minimum atomic E-state index is -0.904. The summed E-state index contributed by atoms with van der Waals surface area (Å²) < 4.78 is 0. The molecular formula is C16H21NO3S. The summed E-state index contributed by atoms with van der Waals surface area (Å²) in [6, 6.07) is 8.84. The molecule has 0 radical (unpaired) electrons. The van der Waals surface area contributed by atoms with Gasteiger partial charge in [0, 0.05) is 6.42 Å². The molecule has 114 valence electrons. The van der Waals surface area contributed by atoms with Gasteiger partial charge in [-0.25, -0.2) is 0 Å². The zero-order chi connectivity index (χ0) is 15.1. The number of amides is 1. The summed E-state index contributed by atoms with van der Waals surface area (Å²) in [5, 5.41) is 11.9. The number of carbonyl (C=O) groups is 2. The van der Waals surface area contributed by atoms with Crippen molar-refractivity contribution in [3.8, 4) is 0 Å². The molecule has 21 heavy (non-hydrogen) atoms. The van der Waals surface area contributed by atoms with Gasteiger partial charge in [-0.05, 0) is 35.8 Å². The summed E-state index contributed by atoms with van der Waals surface area (Å²) in [5.41, 5.74) is 0.840. The monoisotopic (exact) mass is 307 g/mol. The molecule has 5 heteroatoms. The van der Waals surface area contributed by atoms with Crippen LogP contribution >= 0.6 is 11.8 Å². The maximum absolute atomic E-state index is 12.2. The van der Waals surface area contributed by atoms with Crippen molar-refractivity contribution in [1.29, 1.82) is 0 Å². The van der Waals surface area contributed by atoms with Gasteiger partial charge in [0.25, 0.3) is 0 Å². The quantitative estimate of drug-likeness (QED) is 0.848. The van der Waals surface area contributed by atoms with Gasteiger partial charge < -0.3 is 10.4 Å². The van der Waals surface area contributed by atoms with Gasteiger partial charge in [0.05, 0.1) is 12.5 Å². The fourth-order valence-electron chi connectivity index (χ4n) is 2.58. The van der Waals surface area contributed by atoms with Crippen LogP contribution in [0.15, 0.2) is 30.3 Å². The molecule has 1 heterocycles. The average Bonchev–Trinajstić information content (AvgIpc) is 2.48. The highest BCUT2D eigenvalue weighted by Gasteiger charge is 2.21. The number of aliphatic carboxylic acids is 1. The third-order valence-electron chi connectivity index (χ3n) is 3.73. The molecule has 1 aromatic rings. The predicted octanol–water partition coefficient (Wildman–Crippen LogP) is 2.85. The second kappa shape index (κ2) is 8.08. The Hall–Kier alpha value is -1.49. The first kappa shape index (κ1) is 15.9. The number of carboxylic acids is 1. The maximum Gasteiger partial charge on any atom is 0.305 e. The van der Waals surface area contributed by atoms with Crippen LogP contribution in [0.4, 0.5) is 0 Å². The van der Waals surface area contributed by atoms with Gasteiger partial charge >= 0.3 is 5.97 Å². The van der Waals surface area contributed by atoms with Crippen LogP contribution in [0.25, 0.3) is 0 Å². The highest BCUT2D eigenvalue weighted by Crippen LogP contribution is 2.26. The van der Waals surface area contributed by atoms with Gasteiger partial charge in [-0.3, -0.25) is 9.59 Å². The molecule has 1 atom stereocenters. The van der Waals surface area contributed by atoms with E-state index in [2.05, 4.69) is 5.32 Å². The molecule has 1 aromatic carbocycles. The van der Waals surface area contributed by atoms with Crippen LogP contribution in [-0.4, -0.2) is 28.5 Å². The number of carboxylic acid groups (broad SMARTS) is 1. The van der Waals surface area contributed by atoms with E-state index in [0.717, 1.165) is 29.9 Å². The highest BCUT2D eigenvalue weighted by atomic mass is 32.2. The zero-order valence-corrected chi connectivity index (χ0v) is 12.8. The van der Waals surface area contributed by atoms with Gasteiger partial charge in [-0.15, -0.1) is 0 Å². The Morgan fingerprint density at radius 1 is 1.24 bits per heavy atom. The topological polar surface area (TPSA) is 66.4 Å². The lowest BCUT2D eigenvalue weighted by Crippen LogP contribution is -2.32. The lowest BCUT2D eigenvalue weighted by atomic mass is 9.97. The number of hydrogen-bond donors (Lipinski definition) is 2. The van der Waals surface area contributed by atoms with Crippen LogP contribution in [-0.2, 0) is 9.59 Å². The van der Waals surface area contributed by atoms with Crippen molar-refractivity contribution in [2.45, 2.75) is 31.7 Å². The van der Waals surface area contributed by atoms with Crippen molar-refractivity contribution in [1.82, 2.24) is 5.32 Å². The lowest BCUT2D eigenvalue weighted by molar-refractivity contribution is -0.137. The molecule has 0 spiro atoms. The molecule has 1 unspecified atom stereocenters. The van der Waals surface area contributed by atoms with Crippen molar-refractivity contribution >= 4 is 23.6 Å². The second-order valence-corrected chi connectivity index (χ2v) is 6.61. The highest BCUT2D eigenvalue weighted by molar-refractivity contribution is 7.99. The van der Waals surface area contributed by atoms with Crippen LogP contribution in [0.2, 0.25) is 0 Å². The summed E-state index contributed by atoms with van der Waals surface area (Å²) in [5.74, 6) is 1.73. The molecule has 1 aliphatic heterocycles. The summed E-state index contributed by atoms with van der Waals surface area (Å²) in [4.78, 5) is 23.2. The Kier molecular flexibility index (Phi) is 6.11. The Balaban J connectivity index is 1.94. The Morgan fingerprint density at radius 2 is 1.90 bits per heavy atom. The molecule has 1 fully saturated rings. The number of benzene rings is 1. The zero-order valence-electron chi connectivity index (χ0n) is 12.0. The fourth-order valence-corrected chi connectivity index (χ4v) is 3.78. The number of rotatable bonds is 6. The molecule has 1 amide bonds. The van der Waals surface area contributed by atoms with Crippen LogP contribution < -0.4 is 5.32 Å². The molecule has 2 N–H and O–H groups in total. The summed E-state index contributed by atoms with van der Waals surface area (Å²) in [6.07, 6.45) is 2.57. The standard InChI is InChI=1S/C16H21NO3S/c18-15(10-12-6-8-21-9-7-12)17-14(11-16(19)20)13-4-2-1-3-5-13/h1-5,12,14H,6-11H2,(H,17,18)(H,19,20). The van der Waals surface area contributed by atoms with Gasteiger partial charge in [0.1, 0.15) is 0 Å². The fraction of sp³-hybridized carbons (Fsp3) is 0.500. The molecule has 0 saturated carbocycles. The smallest absolute Gasteiger partial charge is 0.305 e. The van der Waals surface area contributed by atoms with Gasteiger partial charge in [0.2, 0.25) is 5.91 Å². The van der Waals surface area contributed by atoms with E-state index in [1.165, 1.54) is 0 Å². The van der Waals surface area contributed by atoms with E-state index in [1.54, 1.807) is 0 Å². The largest absolute Gasteiger partial charge is 0.481 e. The first-order chi connectivity index (χ1) is 10.1. The first-order valence-corrected chi connectivity index (χ1v) is 8.44. The number of hydrogen-bond acceptors (Lipinski definition) is 3. The summed E-state index contributed by atoms with van der Waals surface area (Å²) >= 11 is 1.94. The molecular weight excluding hydrogens is 286 g/mol. The van der Waals surface area contributed by atoms with Crippen molar-refractivity contribution < 1.29 is 14.7 Å². The SMILES string of the molecule is O=C(O)CC(NC(=O)CC1CCSCC1)c1ccccc1. The maximum atomic E-state index is 12.2. The van der Waals surface area contributed by atoms with Crippen molar-refractivity contribution in [3.63, 3.8) is 0 Å². The van der Waals surface area contributed by atoms with Crippen molar-refractivity contribution in [2.75, 3.05) is 11.5 Å². The first-order valence-electron chi connectivity index (χ1n) is 7.29. The minimum absolute atomic E-state index is 0.0398. The number of thioether (sulfide) groups is 1. The van der Waals surface area contributed by atoms with Crippen LogP contribution in [0.1, 0.15) is 37.3 Å². The lowest BCUT2D eigenvalue weighted by Gasteiger charge is -2.23. The van der Waals surface area contributed by atoms with Gasteiger partial charge in [-0.1, -0.05) is 30.3 Å². The summed E-state index contributed by atoms with van der Waals surface area (Å²) in [6.45, 7) is 0. The van der Waals surface area contributed by atoms with E-state index in [1.807, 2.05) is 42.1 Å². The van der Waals surface area contributed by atoms with Crippen LogP contribution in [0.5, 0.6) is 0 Å². The molecule has 4 nitrogen and oxygen atoms in total.